The number of carbonyl (C=O) groups is 2. The van der Waals surface area contributed by atoms with Crippen LogP contribution in [0.5, 0.6) is 5.75 Å². The van der Waals surface area contributed by atoms with Gasteiger partial charge in [0.25, 0.3) is 11.1 Å². The van der Waals surface area contributed by atoms with Crippen molar-refractivity contribution in [2.24, 2.45) is 0 Å². The lowest BCUT2D eigenvalue weighted by atomic mass is 10.1. The zero-order valence-electron chi connectivity index (χ0n) is 16.7. The quantitative estimate of drug-likeness (QED) is 0.450. The van der Waals surface area contributed by atoms with Crippen LogP contribution in [0.1, 0.15) is 16.7 Å². The van der Waals surface area contributed by atoms with Crippen molar-refractivity contribution in [3.8, 4) is 5.75 Å². The highest BCUT2D eigenvalue weighted by molar-refractivity contribution is 8.18. The molecule has 1 saturated heterocycles. The van der Waals surface area contributed by atoms with Crippen molar-refractivity contribution in [2.45, 2.75) is 13.0 Å². The molecule has 0 aromatic heterocycles. The van der Waals surface area contributed by atoms with E-state index in [2.05, 4.69) is 0 Å². The molecule has 0 radical (unpaired) electrons. The van der Waals surface area contributed by atoms with Gasteiger partial charge in [-0.15, -0.1) is 0 Å². The van der Waals surface area contributed by atoms with E-state index in [0.717, 1.165) is 28.5 Å². The second kappa shape index (κ2) is 9.62. The third-order valence-corrected chi connectivity index (χ3v) is 5.74. The molecule has 0 saturated carbocycles. The number of benzene rings is 3. The van der Waals surface area contributed by atoms with Crippen LogP contribution in [0.15, 0.2) is 83.8 Å². The summed E-state index contributed by atoms with van der Waals surface area (Å²) >= 11 is 0.961. The minimum Gasteiger partial charge on any atom is -0.489 e. The predicted octanol–water partition coefficient (Wildman–Crippen LogP) is 5.68. The summed E-state index contributed by atoms with van der Waals surface area (Å²) in [6.45, 7) is 0.697. The van der Waals surface area contributed by atoms with Crippen LogP contribution in [-0.4, -0.2) is 22.6 Å². The van der Waals surface area contributed by atoms with E-state index in [4.69, 9.17) is 4.74 Å². The molecule has 2 amide bonds. The molecule has 4 rings (SSSR count). The maximum absolute atomic E-state index is 13.0. The molecular weight excluding hydrogens is 413 g/mol. The Balaban J connectivity index is 1.36. The Bertz CT molecular complexity index is 1100. The summed E-state index contributed by atoms with van der Waals surface area (Å²) in [5, 5.41) is -0.244. The first-order valence-electron chi connectivity index (χ1n) is 9.85. The Labute approximate surface area is 184 Å². The van der Waals surface area contributed by atoms with Gasteiger partial charge in [-0.1, -0.05) is 54.6 Å². The van der Waals surface area contributed by atoms with Gasteiger partial charge in [0, 0.05) is 6.54 Å². The Morgan fingerprint density at radius 1 is 0.871 bits per heavy atom. The van der Waals surface area contributed by atoms with Crippen LogP contribution in [-0.2, 0) is 17.8 Å². The van der Waals surface area contributed by atoms with E-state index < -0.39 is 0 Å². The van der Waals surface area contributed by atoms with E-state index in [-0.39, 0.29) is 17.0 Å². The van der Waals surface area contributed by atoms with E-state index >= 15 is 0 Å². The minimum atomic E-state index is -0.280. The average Bonchev–Trinajstić information content (AvgIpc) is 3.06. The Kier molecular flexibility index (Phi) is 6.48. The Morgan fingerprint density at radius 3 is 2.29 bits per heavy atom. The average molecular weight is 434 g/mol. The van der Waals surface area contributed by atoms with Crippen molar-refractivity contribution in [3.05, 3.63) is 106 Å². The van der Waals surface area contributed by atoms with E-state index in [1.165, 1.54) is 17.0 Å². The Morgan fingerprint density at radius 2 is 1.58 bits per heavy atom. The van der Waals surface area contributed by atoms with Gasteiger partial charge in [-0.25, -0.2) is 4.39 Å². The van der Waals surface area contributed by atoms with Crippen molar-refractivity contribution in [1.29, 1.82) is 0 Å². The molecule has 3 aromatic carbocycles. The molecule has 0 unspecified atom stereocenters. The number of hydrogen-bond acceptors (Lipinski definition) is 4. The Hall–Kier alpha value is -3.38. The molecule has 156 valence electrons. The smallest absolute Gasteiger partial charge is 0.293 e. The normalized spacial score (nSPS) is 15.0. The molecule has 0 aliphatic carbocycles. The molecule has 6 heteroatoms. The monoisotopic (exact) mass is 433 g/mol. The van der Waals surface area contributed by atoms with Crippen molar-refractivity contribution >= 4 is 29.0 Å². The number of thioether (sulfide) groups is 1. The molecule has 1 aliphatic rings. The van der Waals surface area contributed by atoms with Gasteiger partial charge in [-0.05, 0) is 65.2 Å². The van der Waals surface area contributed by atoms with Crippen LogP contribution in [0.4, 0.5) is 9.18 Å². The van der Waals surface area contributed by atoms with Crippen LogP contribution in [0, 0.1) is 5.82 Å². The third kappa shape index (κ3) is 5.41. The maximum atomic E-state index is 13.0. The second-order valence-electron chi connectivity index (χ2n) is 7.05. The number of nitrogens with zero attached hydrogens (tertiary/aromatic N) is 1. The standard InChI is InChI=1S/C25H20FNO3S/c26-21-10-6-20(7-11-21)17-30-22-12-8-19(9-13-22)16-23-24(28)27(25(29)31-23)15-14-18-4-2-1-3-5-18/h1-13,16H,14-15,17H2/b23-16-. The molecule has 4 nitrogen and oxygen atoms in total. The van der Waals surface area contributed by atoms with Crippen molar-refractivity contribution < 1.29 is 18.7 Å². The topological polar surface area (TPSA) is 46.6 Å². The molecule has 0 spiro atoms. The summed E-state index contributed by atoms with van der Waals surface area (Å²) < 4.78 is 18.7. The SMILES string of the molecule is O=C1S/C(=C\c2ccc(OCc3ccc(F)cc3)cc2)C(=O)N1CCc1ccccc1. The molecule has 31 heavy (non-hydrogen) atoms. The number of carbonyl (C=O) groups excluding carboxylic acids is 2. The van der Waals surface area contributed by atoms with Gasteiger partial charge in [0.1, 0.15) is 18.2 Å². The van der Waals surface area contributed by atoms with Crippen LogP contribution in [0.25, 0.3) is 6.08 Å². The fraction of sp³-hybridized carbons (Fsp3) is 0.120. The number of ether oxygens (including phenoxy) is 1. The lowest BCUT2D eigenvalue weighted by Crippen LogP contribution is -2.30. The summed E-state index contributed by atoms with van der Waals surface area (Å²) in [5.74, 6) is 0.123. The highest BCUT2D eigenvalue weighted by Crippen LogP contribution is 2.32. The van der Waals surface area contributed by atoms with Crippen LogP contribution < -0.4 is 4.74 Å². The zero-order valence-corrected chi connectivity index (χ0v) is 17.5. The highest BCUT2D eigenvalue weighted by Gasteiger charge is 2.34. The number of hydrogen-bond donors (Lipinski definition) is 0. The van der Waals surface area contributed by atoms with E-state index in [1.54, 1.807) is 30.3 Å². The van der Waals surface area contributed by atoms with Gasteiger partial charge in [0.05, 0.1) is 4.91 Å². The fourth-order valence-electron chi connectivity index (χ4n) is 3.14. The number of halogens is 1. The van der Waals surface area contributed by atoms with Crippen molar-refractivity contribution in [3.63, 3.8) is 0 Å². The third-order valence-electron chi connectivity index (χ3n) is 4.84. The summed E-state index contributed by atoms with van der Waals surface area (Å²) in [4.78, 5) is 26.7. The summed E-state index contributed by atoms with van der Waals surface area (Å²) in [6, 6.07) is 23.2. The van der Waals surface area contributed by atoms with Gasteiger partial charge < -0.3 is 4.74 Å². The summed E-state index contributed by atoms with van der Waals surface area (Å²) in [5.41, 5.74) is 2.76. The van der Waals surface area contributed by atoms with Crippen LogP contribution in [0.2, 0.25) is 0 Å². The number of amides is 2. The fourth-order valence-corrected chi connectivity index (χ4v) is 4.00. The number of imide groups is 1. The second-order valence-corrected chi connectivity index (χ2v) is 8.05. The first kappa shape index (κ1) is 20.9. The zero-order chi connectivity index (χ0) is 21.6. The van der Waals surface area contributed by atoms with Crippen molar-refractivity contribution in [1.82, 2.24) is 4.90 Å². The number of rotatable bonds is 7. The van der Waals surface area contributed by atoms with Gasteiger partial charge in [-0.2, -0.15) is 0 Å². The highest BCUT2D eigenvalue weighted by atomic mass is 32.2. The van der Waals surface area contributed by atoms with Gasteiger partial charge in [0.2, 0.25) is 0 Å². The maximum Gasteiger partial charge on any atom is 0.293 e. The largest absolute Gasteiger partial charge is 0.489 e. The van der Waals surface area contributed by atoms with Gasteiger partial charge in [-0.3, -0.25) is 14.5 Å². The molecular formula is C25H20FNO3S. The van der Waals surface area contributed by atoms with E-state index in [9.17, 15) is 14.0 Å². The lowest BCUT2D eigenvalue weighted by molar-refractivity contribution is -0.122. The minimum absolute atomic E-state index is 0.244. The molecule has 1 heterocycles. The van der Waals surface area contributed by atoms with E-state index in [0.29, 0.717) is 30.2 Å². The molecule has 0 bridgehead atoms. The van der Waals surface area contributed by atoms with Crippen molar-refractivity contribution in [2.75, 3.05) is 6.54 Å². The molecule has 0 N–H and O–H groups in total. The van der Waals surface area contributed by atoms with E-state index in [1.807, 2.05) is 42.5 Å². The van der Waals surface area contributed by atoms with Gasteiger partial charge >= 0.3 is 0 Å². The molecule has 0 atom stereocenters. The van der Waals surface area contributed by atoms with Crippen LogP contribution >= 0.6 is 11.8 Å². The molecule has 1 aliphatic heterocycles. The summed E-state index contributed by atoms with van der Waals surface area (Å²) in [7, 11) is 0. The predicted molar refractivity (Wildman–Crippen MR) is 120 cm³/mol. The lowest BCUT2D eigenvalue weighted by Gasteiger charge is -2.12. The first-order valence-corrected chi connectivity index (χ1v) is 10.7. The summed E-state index contributed by atoms with van der Waals surface area (Å²) in [6.07, 6.45) is 2.35. The first-order chi connectivity index (χ1) is 15.1. The molecule has 3 aromatic rings. The molecule has 1 fully saturated rings. The van der Waals surface area contributed by atoms with Gasteiger partial charge in [0.15, 0.2) is 0 Å². The van der Waals surface area contributed by atoms with Crippen LogP contribution in [0.3, 0.4) is 0 Å².